The smallest absolute Gasteiger partial charge is 0.303 e. The molecule has 0 aliphatic heterocycles. The number of nitrogens with one attached hydrogen (secondary N) is 1. The lowest BCUT2D eigenvalue weighted by Gasteiger charge is -2.00. The molecule has 0 aromatic rings. The third kappa shape index (κ3) is 11.4. The minimum Gasteiger partial charge on any atom is -0.457 e. The van der Waals surface area contributed by atoms with E-state index in [4.69, 9.17) is 0 Å². The molecule has 0 saturated heterocycles. The molecule has 0 rings (SSSR count). The molecule has 13 heavy (non-hydrogen) atoms. The van der Waals surface area contributed by atoms with Crippen molar-refractivity contribution >= 4 is 23.0 Å². The molecule has 0 aromatic heterocycles. The lowest BCUT2D eigenvalue weighted by atomic mass is 10.5. The van der Waals surface area contributed by atoms with Crippen LogP contribution in [0.2, 0.25) is 0 Å². The van der Waals surface area contributed by atoms with Crippen LogP contribution in [0.1, 0.15) is 20.3 Å². The van der Waals surface area contributed by atoms with Crippen LogP contribution in [0.15, 0.2) is 0 Å². The minimum atomic E-state index is -0.431. The van der Waals surface area contributed by atoms with Crippen LogP contribution in [-0.2, 0) is 14.3 Å². The highest BCUT2D eigenvalue weighted by atomic mass is 32.2. The van der Waals surface area contributed by atoms with Gasteiger partial charge in [0.1, 0.15) is 0 Å². The van der Waals surface area contributed by atoms with Gasteiger partial charge in [-0.15, -0.1) is 0 Å². The van der Waals surface area contributed by atoms with Crippen LogP contribution in [0.25, 0.3) is 0 Å². The zero-order chi connectivity index (χ0) is 9.40. The summed E-state index contributed by atoms with van der Waals surface area (Å²) in [6.07, 6.45) is 0.966. The molecular formula is C7H16N2O3S. The second-order valence-corrected chi connectivity index (χ2v) is 3.10. The van der Waals surface area contributed by atoms with E-state index >= 15 is 0 Å². The molecule has 0 radical (unpaired) electrons. The van der Waals surface area contributed by atoms with Crippen LogP contribution in [0.5, 0.6) is 0 Å². The Bertz CT molecular complexity index is 164. The van der Waals surface area contributed by atoms with E-state index in [-0.39, 0.29) is 17.9 Å². The summed E-state index contributed by atoms with van der Waals surface area (Å²) in [6, 6.07) is 0. The Morgan fingerprint density at radius 1 is 1.46 bits per heavy atom. The first-order chi connectivity index (χ1) is 5.66. The highest BCUT2D eigenvalue weighted by molar-refractivity contribution is 8.12. The fraction of sp³-hybridized carbons (Fsp3) is 0.714. The fourth-order valence-electron chi connectivity index (χ4n) is 0.424. The summed E-state index contributed by atoms with van der Waals surface area (Å²) in [5.74, 6) is -0.431. The molecule has 0 amide bonds. The molecule has 0 fully saturated rings. The maximum Gasteiger partial charge on any atom is 0.303 e. The summed E-state index contributed by atoms with van der Waals surface area (Å²) in [7, 11) is 0. The predicted octanol–water partition coefficient (Wildman–Crippen LogP) is 0.886. The molecule has 6 heteroatoms. The molecule has 0 atom stereocenters. The first kappa shape index (κ1) is 14.9. The van der Waals surface area contributed by atoms with E-state index in [9.17, 15) is 9.59 Å². The van der Waals surface area contributed by atoms with Crippen molar-refractivity contribution in [3.8, 4) is 0 Å². The lowest BCUT2D eigenvalue weighted by Crippen LogP contribution is -2.14. The SMILES string of the molecule is CCCNSC(=O)COC(C)=O.N. The van der Waals surface area contributed by atoms with Crippen LogP contribution in [0, 0.1) is 0 Å². The number of rotatable bonds is 5. The van der Waals surface area contributed by atoms with Crippen molar-refractivity contribution in [3.63, 3.8) is 0 Å². The largest absolute Gasteiger partial charge is 0.457 e. The van der Waals surface area contributed by atoms with Crippen LogP contribution in [-0.4, -0.2) is 24.2 Å². The van der Waals surface area contributed by atoms with Gasteiger partial charge in [-0.1, -0.05) is 6.92 Å². The molecule has 0 aliphatic rings. The van der Waals surface area contributed by atoms with E-state index in [0.717, 1.165) is 24.9 Å². The maximum absolute atomic E-state index is 10.8. The van der Waals surface area contributed by atoms with Crippen molar-refractivity contribution in [1.82, 2.24) is 10.9 Å². The van der Waals surface area contributed by atoms with Gasteiger partial charge >= 0.3 is 5.97 Å². The summed E-state index contributed by atoms with van der Waals surface area (Å²) in [5.41, 5.74) is 0. The molecule has 0 spiro atoms. The molecule has 78 valence electrons. The average Bonchev–Trinajstić information content (AvgIpc) is 2.01. The molecule has 0 bridgehead atoms. The van der Waals surface area contributed by atoms with Crippen molar-refractivity contribution in [2.24, 2.45) is 0 Å². The third-order valence-electron chi connectivity index (χ3n) is 0.931. The molecule has 0 aliphatic carbocycles. The number of hydrogen-bond donors (Lipinski definition) is 2. The van der Waals surface area contributed by atoms with E-state index < -0.39 is 5.97 Å². The second-order valence-electron chi connectivity index (χ2n) is 2.15. The van der Waals surface area contributed by atoms with Crippen LogP contribution < -0.4 is 10.9 Å². The van der Waals surface area contributed by atoms with Gasteiger partial charge in [-0.05, 0) is 18.4 Å². The van der Waals surface area contributed by atoms with Crippen LogP contribution in [0.3, 0.4) is 0 Å². The number of esters is 1. The van der Waals surface area contributed by atoms with Crippen LogP contribution >= 0.6 is 11.9 Å². The highest BCUT2D eigenvalue weighted by Crippen LogP contribution is 1.96. The molecule has 0 aromatic carbocycles. The number of hydrogen-bond acceptors (Lipinski definition) is 6. The van der Waals surface area contributed by atoms with Crippen molar-refractivity contribution in [2.75, 3.05) is 13.2 Å². The van der Waals surface area contributed by atoms with Gasteiger partial charge in [0.25, 0.3) is 0 Å². The van der Waals surface area contributed by atoms with Gasteiger partial charge in [-0.3, -0.25) is 14.3 Å². The van der Waals surface area contributed by atoms with E-state index in [0.29, 0.717) is 0 Å². The Balaban J connectivity index is 0. The summed E-state index contributed by atoms with van der Waals surface area (Å²) in [4.78, 5) is 21.1. The van der Waals surface area contributed by atoms with Gasteiger partial charge in [0, 0.05) is 13.5 Å². The van der Waals surface area contributed by atoms with E-state index in [1.165, 1.54) is 6.92 Å². The number of ether oxygens (including phenoxy) is 1. The first-order valence-electron chi connectivity index (χ1n) is 3.72. The topological polar surface area (TPSA) is 90.4 Å². The van der Waals surface area contributed by atoms with Gasteiger partial charge in [0.15, 0.2) is 6.61 Å². The molecule has 0 unspecified atom stereocenters. The highest BCUT2D eigenvalue weighted by Gasteiger charge is 2.03. The third-order valence-corrected chi connectivity index (χ3v) is 1.63. The summed E-state index contributed by atoms with van der Waals surface area (Å²) >= 11 is 0.977. The average molecular weight is 208 g/mol. The number of carbonyl (C=O) groups is 2. The summed E-state index contributed by atoms with van der Waals surface area (Å²) < 4.78 is 7.32. The monoisotopic (exact) mass is 208 g/mol. The maximum atomic E-state index is 10.8. The Hall–Kier alpha value is -0.590. The number of carbonyl (C=O) groups excluding carboxylic acids is 2. The van der Waals surface area contributed by atoms with E-state index in [1.54, 1.807) is 0 Å². The quantitative estimate of drug-likeness (QED) is 0.396. The van der Waals surface area contributed by atoms with Gasteiger partial charge in [0.05, 0.1) is 0 Å². The van der Waals surface area contributed by atoms with E-state index in [1.807, 2.05) is 6.92 Å². The van der Waals surface area contributed by atoms with Gasteiger partial charge in [0.2, 0.25) is 5.12 Å². The molecule has 0 saturated carbocycles. The van der Waals surface area contributed by atoms with Gasteiger partial charge < -0.3 is 10.9 Å². The van der Waals surface area contributed by atoms with Crippen molar-refractivity contribution in [3.05, 3.63) is 0 Å². The van der Waals surface area contributed by atoms with Crippen LogP contribution in [0.4, 0.5) is 0 Å². The predicted molar refractivity (Wildman–Crippen MR) is 52.5 cm³/mol. The van der Waals surface area contributed by atoms with E-state index in [2.05, 4.69) is 9.46 Å². The van der Waals surface area contributed by atoms with Crippen molar-refractivity contribution in [1.29, 1.82) is 0 Å². The van der Waals surface area contributed by atoms with Gasteiger partial charge in [-0.2, -0.15) is 0 Å². The van der Waals surface area contributed by atoms with Crippen molar-refractivity contribution in [2.45, 2.75) is 20.3 Å². The zero-order valence-corrected chi connectivity index (χ0v) is 8.78. The Morgan fingerprint density at radius 3 is 2.54 bits per heavy atom. The standard InChI is InChI=1S/C7H13NO3S.H3N/c1-3-4-8-12-7(10)5-11-6(2)9;/h8H,3-5H2,1-2H3;1H3. The minimum absolute atomic E-state index is 0. The summed E-state index contributed by atoms with van der Waals surface area (Å²) in [5, 5.41) is -0.182. The fourth-order valence-corrected chi connectivity index (χ4v) is 1.01. The zero-order valence-electron chi connectivity index (χ0n) is 7.96. The Kier molecular flexibility index (Phi) is 10.9. The first-order valence-corrected chi connectivity index (χ1v) is 4.54. The molecule has 0 heterocycles. The van der Waals surface area contributed by atoms with Crippen molar-refractivity contribution < 1.29 is 14.3 Å². The Morgan fingerprint density at radius 2 is 2.08 bits per heavy atom. The lowest BCUT2D eigenvalue weighted by molar-refractivity contribution is -0.143. The Labute approximate surface area is 82.3 Å². The molecule has 4 N–H and O–H groups in total. The molecule has 5 nitrogen and oxygen atoms in total. The molecular weight excluding hydrogens is 192 g/mol. The summed E-state index contributed by atoms with van der Waals surface area (Å²) in [6.45, 7) is 3.90. The normalized spacial score (nSPS) is 8.77. The second kappa shape index (κ2) is 9.50. The van der Waals surface area contributed by atoms with Gasteiger partial charge in [-0.25, -0.2) is 0 Å².